The summed E-state index contributed by atoms with van der Waals surface area (Å²) in [6.45, 7) is 7.54. The van der Waals surface area contributed by atoms with Gasteiger partial charge in [-0.05, 0) is 49.8 Å². The van der Waals surface area contributed by atoms with Gasteiger partial charge in [0.2, 0.25) is 0 Å². The largest absolute Gasteiger partial charge is 0.356 e. The van der Waals surface area contributed by atoms with Crippen molar-refractivity contribution in [1.82, 2.24) is 25.4 Å². The second kappa shape index (κ2) is 9.50. The molecule has 28 heavy (non-hydrogen) atoms. The number of thiophene rings is 1. The van der Waals surface area contributed by atoms with Gasteiger partial charge in [-0.1, -0.05) is 30.3 Å². The number of rotatable bonds is 7. The highest BCUT2D eigenvalue weighted by atomic mass is 32.1. The van der Waals surface area contributed by atoms with Crippen molar-refractivity contribution in [2.24, 2.45) is 12.0 Å². The number of hydrogen-bond acceptors (Lipinski definition) is 4. The maximum atomic E-state index is 4.76. The number of aromatic nitrogens is 3. The third kappa shape index (κ3) is 5.19. The molecule has 0 radical (unpaired) electrons. The van der Waals surface area contributed by atoms with E-state index >= 15 is 0 Å². The van der Waals surface area contributed by atoms with Gasteiger partial charge in [0.15, 0.2) is 11.8 Å². The summed E-state index contributed by atoms with van der Waals surface area (Å²) in [6, 6.07) is 12.8. The number of nitrogens with one attached hydrogen (secondary N) is 2. The molecule has 0 saturated heterocycles. The van der Waals surface area contributed by atoms with Crippen molar-refractivity contribution >= 4 is 17.3 Å². The monoisotopic (exact) mass is 396 g/mol. The molecule has 148 valence electrons. The molecule has 0 spiro atoms. The molecule has 0 amide bonds. The van der Waals surface area contributed by atoms with Gasteiger partial charge in [0.1, 0.15) is 12.4 Å². The predicted octanol–water partition coefficient (Wildman–Crippen LogP) is 3.53. The Morgan fingerprint density at radius 2 is 2.00 bits per heavy atom. The highest BCUT2D eigenvalue weighted by Crippen LogP contribution is 2.16. The highest BCUT2D eigenvalue weighted by Gasteiger charge is 2.11. The Kier molecular flexibility index (Phi) is 6.81. The molecule has 7 heteroatoms. The molecule has 1 unspecified atom stereocenters. The van der Waals surface area contributed by atoms with Crippen LogP contribution in [0.1, 0.15) is 40.6 Å². The second-order valence-corrected chi connectivity index (χ2v) is 7.90. The minimum absolute atomic E-state index is 0.149. The molecule has 2 N–H and O–H groups in total. The molecule has 1 atom stereocenters. The van der Waals surface area contributed by atoms with E-state index in [1.165, 1.54) is 16.0 Å². The molecule has 1 aromatic carbocycles. The molecule has 0 aliphatic rings. The van der Waals surface area contributed by atoms with Gasteiger partial charge in [-0.15, -0.1) is 21.5 Å². The molecule has 2 heterocycles. The fourth-order valence-corrected chi connectivity index (χ4v) is 3.71. The van der Waals surface area contributed by atoms with Gasteiger partial charge in [-0.25, -0.2) is 4.99 Å². The molecule has 3 rings (SSSR count). The van der Waals surface area contributed by atoms with Crippen LogP contribution in [0, 0.1) is 13.8 Å². The zero-order chi connectivity index (χ0) is 19.9. The first-order valence-electron chi connectivity index (χ1n) is 9.52. The van der Waals surface area contributed by atoms with Crippen molar-refractivity contribution in [3.63, 3.8) is 0 Å². The summed E-state index contributed by atoms with van der Waals surface area (Å²) >= 11 is 1.78. The van der Waals surface area contributed by atoms with Crippen LogP contribution in [0.4, 0.5) is 0 Å². The zero-order valence-corrected chi connectivity index (χ0v) is 17.8. The fraction of sp³-hybridized carbons (Fsp3) is 0.381. The summed E-state index contributed by atoms with van der Waals surface area (Å²) in [6.07, 6.45) is 0.972. The Bertz CT molecular complexity index is 913. The average molecular weight is 397 g/mol. The molecule has 6 nitrogen and oxygen atoms in total. The lowest BCUT2D eigenvalue weighted by Crippen LogP contribution is -2.40. The topological polar surface area (TPSA) is 67.1 Å². The summed E-state index contributed by atoms with van der Waals surface area (Å²) in [5, 5.41) is 17.4. The fourth-order valence-electron chi connectivity index (χ4n) is 3.01. The van der Waals surface area contributed by atoms with Crippen LogP contribution in [0.15, 0.2) is 46.8 Å². The molecule has 0 fully saturated rings. The van der Waals surface area contributed by atoms with E-state index in [-0.39, 0.29) is 6.04 Å². The minimum Gasteiger partial charge on any atom is -0.356 e. The quantitative estimate of drug-likeness (QED) is 0.474. The smallest absolute Gasteiger partial charge is 0.192 e. The average Bonchev–Trinajstić information content (AvgIpc) is 3.31. The van der Waals surface area contributed by atoms with Crippen molar-refractivity contribution in [2.45, 2.75) is 39.8 Å². The van der Waals surface area contributed by atoms with E-state index in [2.05, 4.69) is 76.5 Å². The van der Waals surface area contributed by atoms with E-state index in [0.29, 0.717) is 6.54 Å². The Morgan fingerprint density at radius 3 is 2.68 bits per heavy atom. The van der Waals surface area contributed by atoms with E-state index in [0.717, 1.165) is 30.6 Å². The molecular formula is C21H28N6S. The predicted molar refractivity (Wildman–Crippen MR) is 116 cm³/mol. The number of nitrogens with zero attached hydrogens (tertiary/aromatic N) is 4. The van der Waals surface area contributed by atoms with Crippen LogP contribution in [-0.2, 0) is 20.0 Å². The minimum atomic E-state index is 0.149. The third-order valence-corrected chi connectivity index (χ3v) is 5.75. The van der Waals surface area contributed by atoms with Gasteiger partial charge >= 0.3 is 0 Å². The number of hydrogen-bond donors (Lipinski definition) is 2. The standard InChI is InChI=1S/C21H28N6S/c1-15-8-5-6-10-19(15)16(2)24-21(22-12-11-18-9-7-13-28-18)23-14-20-26-25-17(3)27(20)4/h5-10,13,16H,11-12,14H2,1-4H3,(H2,22,23,24). The van der Waals surface area contributed by atoms with Crippen molar-refractivity contribution in [1.29, 1.82) is 0 Å². The number of aryl methyl sites for hydroxylation is 2. The van der Waals surface area contributed by atoms with Crippen LogP contribution in [0.25, 0.3) is 0 Å². The van der Waals surface area contributed by atoms with E-state index in [1.807, 2.05) is 18.5 Å². The highest BCUT2D eigenvalue weighted by molar-refractivity contribution is 7.09. The lowest BCUT2D eigenvalue weighted by Gasteiger charge is -2.20. The van der Waals surface area contributed by atoms with Crippen molar-refractivity contribution in [3.8, 4) is 0 Å². The number of benzene rings is 1. The molecule has 0 aliphatic heterocycles. The first-order chi connectivity index (χ1) is 13.5. The van der Waals surface area contributed by atoms with Gasteiger partial charge in [-0.3, -0.25) is 0 Å². The third-order valence-electron chi connectivity index (χ3n) is 4.81. The Morgan fingerprint density at radius 1 is 1.18 bits per heavy atom. The van der Waals surface area contributed by atoms with E-state index in [1.54, 1.807) is 11.3 Å². The molecule has 0 aliphatic carbocycles. The molecule has 2 aromatic heterocycles. The number of aliphatic imine (C=N–C) groups is 1. The maximum Gasteiger partial charge on any atom is 0.192 e. The molecule has 0 saturated carbocycles. The first kappa shape index (κ1) is 20.1. The summed E-state index contributed by atoms with van der Waals surface area (Å²) in [7, 11) is 1.97. The van der Waals surface area contributed by atoms with E-state index in [4.69, 9.17) is 4.99 Å². The summed E-state index contributed by atoms with van der Waals surface area (Å²) < 4.78 is 1.97. The Hall–Kier alpha value is -2.67. The van der Waals surface area contributed by atoms with Crippen LogP contribution in [0.3, 0.4) is 0 Å². The van der Waals surface area contributed by atoms with Crippen molar-refractivity contribution in [2.75, 3.05) is 6.54 Å². The van der Waals surface area contributed by atoms with Crippen LogP contribution in [0.5, 0.6) is 0 Å². The summed E-state index contributed by atoms with van der Waals surface area (Å²) in [5.74, 6) is 2.52. The second-order valence-electron chi connectivity index (χ2n) is 6.87. The van der Waals surface area contributed by atoms with Crippen LogP contribution in [-0.4, -0.2) is 27.3 Å². The van der Waals surface area contributed by atoms with Crippen LogP contribution < -0.4 is 10.6 Å². The summed E-state index contributed by atoms with van der Waals surface area (Å²) in [4.78, 5) is 6.12. The zero-order valence-electron chi connectivity index (χ0n) is 16.9. The first-order valence-corrected chi connectivity index (χ1v) is 10.4. The van der Waals surface area contributed by atoms with E-state index in [9.17, 15) is 0 Å². The van der Waals surface area contributed by atoms with Crippen molar-refractivity contribution < 1.29 is 0 Å². The summed E-state index contributed by atoms with van der Waals surface area (Å²) in [5.41, 5.74) is 2.54. The van der Waals surface area contributed by atoms with E-state index < -0.39 is 0 Å². The Labute approximate surface area is 170 Å². The SMILES string of the molecule is Cc1ccccc1C(C)NC(=NCc1nnc(C)n1C)NCCc1cccs1. The maximum absolute atomic E-state index is 4.76. The Balaban J connectivity index is 1.70. The normalized spacial score (nSPS) is 12.8. The number of guanidine groups is 1. The van der Waals surface area contributed by atoms with Gasteiger partial charge in [0.25, 0.3) is 0 Å². The van der Waals surface area contributed by atoms with Gasteiger partial charge in [-0.2, -0.15) is 0 Å². The molecule has 0 bridgehead atoms. The van der Waals surface area contributed by atoms with Gasteiger partial charge in [0, 0.05) is 18.5 Å². The lowest BCUT2D eigenvalue weighted by atomic mass is 10.0. The van der Waals surface area contributed by atoms with Crippen molar-refractivity contribution in [3.05, 3.63) is 69.4 Å². The van der Waals surface area contributed by atoms with Crippen LogP contribution >= 0.6 is 11.3 Å². The lowest BCUT2D eigenvalue weighted by molar-refractivity contribution is 0.672. The molecule has 3 aromatic rings. The van der Waals surface area contributed by atoms with Gasteiger partial charge < -0.3 is 15.2 Å². The van der Waals surface area contributed by atoms with Crippen LogP contribution in [0.2, 0.25) is 0 Å². The van der Waals surface area contributed by atoms with Gasteiger partial charge in [0.05, 0.1) is 6.04 Å². The molecular weight excluding hydrogens is 368 g/mol.